The molecule has 0 saturated heterocycles. The molecule has 2 aromatic rings. The van der Waals surface area contributed by atoms with E-state index >= 15 is 0 Å². The summed E-state index contributed by atoms with van der Waals surface area (Å²) in [4.78, 5) is 0.846. The summed E-state index contributed by atoms with van der Waals surface area (Å²) in [6.07, 6.45) is 0.356. The lowest BCUT2D eigenvalue weighted by molar-refractivity contribution is 0.562. The summed E-state index contributed by atoms with van der Waals surface area (Å²) in [7, 11) is 0. The van der Waals surface area contributed by atoms with E-state index in [1.807, 2.05) is 5.38 Å². The van der Waals surface area contributed by atoms with Crippen molar-refractivity contribution in [3.05, 3.63) is 55.7 Å². The van der Waals surface area contributed by atoms with Crippen LogP contribution in [0, 0.1) is 11.6 Å². The predicted octanol–water partition coefficient (Wildman–Crippen LogP) is 4.58. The molecule has 2 N–H and O–H groups in total. The lowest BCUT2D eigenvalue weighted by Crippen LogP contribution is -2.15. The van der Waals surface area contributed by atoms with Gasteiger partial charge < -0.3 is 5.73 Å². The molecule has 1 aromatic carbocycles. The number of rotatable bonds is 3. The molecular weight excluding hydrogens is 299 g/mol. The topological polar surface area (TPSA) is 26.0 Å². The van der Waals surface area contributed by atoms with Gasteiger partial charge in [0.25, 0.3) is 0 Å². The molecule has 0 aliphatic carbocycles. The average Bonchev–Trinajstić information content (AvgIpc) is 2.69. The fourth-order valence-corrected chi connectivity index (χ4v) is 2.93. The third-order valence-corrected chi connectivity index (χ3v) is 4.23. The Morgan fingerprint density at radius 1 is 1.17 bits per heavy atom. The van der Waals surface area contributed by atoms with Gasteiger partial charge in [-0.05, 0) is 23.6 Å². The van der Waals surface area contributed by atoms with E-state index in [1.54, 1.807) is 6.07 Å². The molecule has 0 fully saturated rings. The maximum atomic E-state index is 13.6. The zero-order valence-electron chi connectivity index (χ0n) is 9.09. The monoisotopic (exact) mass is 307 g/mol. The summed E-state index contributed by atoms with van der Waals surface area (Å²) < 4.78 is 26.9. The quantitative estimate of drug-likeness (QED) is 0.826. The fourth-order valence-electron chi connectivity index (χ4n) is 1.60. The molecule has 0 bridgehead atoms. The van der Waals surface area contributed by atoms with Gasteiger partial charge in [-0.15, -0.1) is 11.3 Å². The van der Waals surface area contributed by atoms with Gasteiger partial charge in [0, 0.05) is 22.9 Å². The normalized spacial score (nSPS) is 12.7. The second kappa shape index (κ2) is 5.53. The van der Waals surface area contributed by atoms with Gasteiger partial charge in [-0.3, -0.25) is 0 Å². The smallest absolute Gasteiger partial charge is 0.142 e. The van der Waals surface area contributed by atoms with Crippen LogP contribution in [0.5, 0.6) is 0 Å². The molecule has 1 aromatic heterocycles. The van der Waals surface area contributed by atoms with Crippen LogP contribution in [0.2, 0.25) is 10.0 Å². The second-order valence-electron chi connectivity index (χ2n) is 3.79. The first-order chi connectivity index (χ1) is 8.49. The third-order valence-electron chi connectivity index (χ3n) is 2.54. The van der Waals surface area contributed by atoms with Crippen molar-refractivity contribution in [3.63, 3.8) is 0 Å². The summed E-state index contributed by atoms with van der Waals surface area (Å²) >= 11 is 12.8. The number of thiophene rings is 1. The molecule has 1 atom stereocenters. The van der Waals surface area contributed by atoms with Crippen molar-refractivity contribution in [2.24, 2.45) is 5.73 Å². The lowest BCUT2D eigenvalue weighted by Gasteiger charge is -2.13. The van der Waals surface area contributed by atoms with E-state index in [4.69, 9.17) is 28.9 Å². The number of benzene rings is 1. The molecule has 2 rings (SSSR count). The number of nitrogens with two attached hydrogens (primary N) is 1. The van der Waals surface area contributed by atoms with Crippen LogP contribution in [0.15, 0.2) is 23.6 Å². The minimum atomic E-state index is -0.680. The Bertz CT molecular complexity index is 571. The van der Waals surface area contributed by atoms with Crippen molar-refractivity contribution in [2.45, 2.75) is 12.5 Å². The number of hydrogen-bond donors (Lipinski definition) is 1. The van der Waals surface area contributed by atoms with Crippen LogP contribution >= 0.6 is 34.5 Å². The van der Waals surface area contributed by atoms with Gasteiger partial charge in [0.05, 0.1) is 10.0 Å². The standard InChI is InChI=1S/C12H9Cl2F2NS/c13-7-1-2-18-12(7)5-11(17)6-3-10(16)8(14)4-9(6)15/h1-4,11H,5,17H2. The Labute approximate surface area is 117 Å². The van der Waals surface area contributed by atoms with Crippen LogP contribution in [-0.2, 0) is 6.42 Å². The van der Waals surface area contributed by atoms with Crippen LogP contribution in [0.4, 0.5) is 8.78 Å². The lowest BCUT2D eigenvalue weighted by atomic mass is 10.0. The van der Waals surface area contributed by atoms with E-state index in [2.05, 4.69) is 0 Å². The molecule has 1 heterocycles. The van der Waals surface area contributed by atoms with E-state index < -0.39 is 17.7 Å². The molecule has 0 aliphatic heterocycles. The Morgan fingerprint density at radius 2 is 1.89 bits per heavy atom. The summed E-state index contributed by atoms with van der Waals surface area (Å²) in [6, 6.07) is 3.05. The van der Waals surface area contributed by atoms with E-state index in [0.717, 1.165) is 17.0 Å². The van der Waals surface area contributed by atoms with E-state index in [1.165, 1.54) is 11.3 Å². The zero-order valence-corrected chi connectivity index (χ0v) is 11.4. The predicted molar refractivity (Wildman–Crippen MR) is 71.3 cm³/mol. The molecule has 0 amide bonds. The van der Waals surface area contributed by atoms with Gasteiger partial charge in [-0.25, -0.2) is 8.78 Å². The van der Waals surface area contributed by atoms with Crippen molar-refractivity contribution >= 4 is 34.5 Å². The summed E-state index contributed by atoms with van der Waals surface area (Å²) in [5.74, 6) is -1.29. The molecule has 1 unspecified atom stereocenters. The minimum Gasteiger partial charge on any atom is -0.324 e. The highest BCUT2D eigenvalue weighted by Crippen LogP contribution is 2.29. The first-order valence-corrected chi connectivity index (χ1v) is 6.74. The molecule has 1 nitrogen and oxygen atoms in total. The van der Waals surface area contributed by atoms with Crippen LogP contribution < -0.4 is 5.73 Å². The van der Waals surface area contributed by atoms with Crippen LogP contribution in [0.3, 0.4) is 0 Å². The fraction of sp³-hybridized carbons (Fsp3) is 0.167. The van der Waals surface area contributed by atoms with Gasteiger partial charge >= 0.3 is 0 Å². The minimum absolute atomic E-state index is 0.0985. The molecular formula is C12H9Cl2F2NS. The van der Waals surface area contributed by atoms with E-state index in [9.17, 15) is 8.78 Å². The SMILES string of the molecule is NC(Cc1sccc1Cl)c1cc(F)c(Cl)cc1F. The van der Waals surface area contributed by atoms with Crippen LogP contribution in [0.1, 0.15) is 16.5 Å². The molecule has 0 aliphatic rings. The maximum Gasteiger partial charge on any atom is 0.142 e. The Balaban J connectivity index is 2.26. The first-order valence-electron chi connectivity index (χ1n) is 5.11. The zero-order chi connectivity index (χ0) is 13.3. The Hall–Kier alpha value is -0.680. The molecule has 6 heteroatoms. The third kappa shape index (κ3) is 2.83. The first kappa shape index (κ1) is 13.7. The summed E-state index contributed by atoms with van der Waals surface area (Å²) in [6.45, 7) is 0. The van der Waals surface area contributed by atoms with Crippen LogP contribution in [-0.4, -0.2) is 0 Å². The molecule has 96 valence electrons. The Kier molecular flexibility index (Phi) is 4.22. The highest BCUT2D eigenvalue weighted by atomic mass is 35.5. The van der Waals surface area contributed by atoms with Gasteiger partial charge in [0.1, 0.15) is 11.6 Å². The van der Waals surface area contributed by atoms with Gasteiger partial charge in [-0.1, -0.05) is 23.2 Å². The largest absolute Gasteiger partial charge is 0.324 e. The van der Waals surface area contributed by atoms with Crippen molar-refractivity contribution in [1.29, 1.82) is 0 Å². The molecule has 0 saturated carbocycles. The van der Waals surface area contributed by atoms with E-state index in [0.29, 0.717) is 11.4 Å². The Morgan fingerprint density at radius 3 is 2.50 bits per heavy atom. The van der Waals surface area contributed by atoms with Gasteiger partial charge in [0.15, 0.2) is 0 Å². The highest BCUT2D eigenvalue weighted by Gasteiger charge is 2.17. The summed E-state index contributed by atoms with van der Waals surface area (Å²) in [5.41, 5.74) is 5.97. The molecule has 0 radical (unpaired) electrons. The van der Waals surface area contributed by atoms with Crippen molar-refractivity contribution in [1.82, 2.24) is 0 Å². The van der Waals surface area contributed by atoms with Crippen LogP contribution in [0.25, 0.3) is 0 Å². The maximum absolute atomic E-state index is 13.6. The number of hydrogen-bond acceptors (Lipinski definition) is 2. The number of halogens is 4. The van der Waals surface area contributed by atoms with Crippen molar-refractivity contribution in [3.8, 4) is 0 Å². The summed E-state index contributed by atoms with van der Waals surface area (Å²) in [5, 5.41) is 2.16. The van der Waals surface area contributed by atoms with Gasteiger partial charge in [-0.2, -0.15) is 0 Å². The van der Waals surface area contributed by atoms with Crippen molar-refractivity contribution in [2.75, 3.05) is 0 Å². The second-order valence-corrected chi connectivity index (χ2v) is 5.61. The average molecular weight is 308 g/mol. The van der Waals surface area contributed by atoms with E-state index in [-0.39, 0.29) is 10.6 Å². The van der Waals surface area contributed by atoms with Crippen molar-refractivity contribution < 1.29 is 8.78 Å². The molecule has 0 spiro atoms. The van der Waals surface area contributed by atoms with Gasteiger partial charge in [0.2, 0.25) is 0 Å². The molecule has 18 heavy (non-hydrogen) atoms. The highest BCUT2D eigenvalue weighted by molar-refractivity contribution is 7.10.